The molecule has 1 saturated carbocycles. The lowest BCUT2D eigenvalue weighted by Crippen LogP contribution is -2.53. The first-order chi connectivity index (χ1) is 11.7. The molecule has 0 radical (unpaired) electrons. The molecule has 2 atom stereocenters. The Hall–Kier alpha value is -1.47. The molecular formula is C17H28N4O3. The molecule has 1 N–H and O–H groups in total. The number of aliphatic hydroxyl groups excluding tert-OH is 1. The van der Waals surface area contributed by atoms with Gasteiger partial charge in [0.15, 0.2) is 5.82 Å². The summed E-state index contributed by atoms with van der Waals surface area (Å²) in [6.07, 6.45) is 5.62. The molecule has 1 amide bonds. The van der Waals surface area contributed by atoms with Crippen LogP contribution in [-0.2, 0) is 17.6 Å². The summed E-state index contributed by atoms with van der Waals surface area (Å²) in [5, 5.41) is 13.9. The molecule has 0 spiro atoms. The second-order valence-electron chi connectivity index (χ2n) is 6.79. The van der Waals surface area contributed by atoms with Crippen LogP contribution in [0.25, 0.3) is 0 Å². The highest BCUT2D eigenvalue weighted by atomic mass is 16.5. The average molecular weight is 336 g/mol. The maximum atomic E-state index is 12.3. The van der Waals surface area contributed by atoms with Crippen LogP contribution in [0.3, 0.4) is 0 Å². The molecule has 2 aliphatic rings. The zero-order chi connectivity index (χ0) is 16.9. The Morgan fingerprint density at radius 2 is 2.08 bits per heavy atom. The van der Waals surface area contributed by atoms with E-state index in [0.29, 0.717) is 24.8 Å². The summed E-state index contributed by atoms with van der Waals surface area (Å²) in [5.74, 6) is 1.55. The van der Waals surface area contributed by atoms with Gasteiger partial charge in [0.2, 0.25) is 11.8 Å². The van der Waals surface area contributed by atoms with E-state index in [2.05, 4.69) is 15.0 Å². The summed E-state index contributed by atoms with van der Waals surface area (Å²) >= 11 is 0. The number of aliphatic hydroxyl groups is 1. The van der Waals surface area contributed by atoms with E-state index >= 15 is 0 Å². The Morgan fingerprint density at radius 3 is 2.71 bits per heavy atom. The fourth-order valence-electron chi connectivity index (χ4n) is 3.73. The molecule has 24 heavy (non-hydrogen) atoms. The van der Waals surface area contributed by atoms with Crippen molar-refractivity contribution in [1.82, 2.24) is 19.9 Å². The Balaban J connectivity index is 1.37. The maximum absolute atomic E-state index is 12.3. The quantitative estimate of drug-likeness (QED) is 0.835. The van der Waals surface area contributed by atoms with E-state index in [0.717, 1.165) is 64.1 Å². The van der Waals surface area contributed by atoms with Crippen LogP contribution in [0.4, 0.5) is 0 Å². The third-order valence-corrected chi connectivity index (χ3v) is 5.19. The molecule has 0 aromatic carbocycles. The van der Waals surface area contributed by atoms with Gasteiger partial charge in [0, 0.05) is 51.5 Å². The molecule has 0 bridgehead atoms. The van der Waals surface area contributed by atoms with Crippen LogP contribution in [-0.4, -0.2) is 69.3 Å². The van der Waals surface area contributed by atoms with E-state index in [1.165, 1.54) is 0 Å². The van der Waals surface area contributed by atoms with Crippen molar-refractivity contribution >= 4 is 5.91 Å². The summed E-state index contributed by atoms with van der Waals surface area (Å²) < 4.78 is 5.15. The Bertz CT molecular complexity index is 540. The third kappa shape index (κ3) is 4.13. The normalized spacial score (nSPS) is 25.3. The van der Waals surface area contributed by atoms with Gasteiger partial charge in [0.05, 0.1) is 6.10 Å². The van der Waals surface area contributed by atoms with Crippen molar-refractivity contribution in [1.29, 1.82) is 0 Å². The number of aryl methyl sites for hydroxylation is 2. The predicted molar refractivity (Wildman–Crippen MR) is 88.4 cm³/mol. The maximum Gasteiger partial charge on any atom is 0.226 e. The lowest BCUT2D eigenvalue weighted by Gasteiger charge is -2.39. The Morgan fingerprint density at radius 1 is 1.29 bits per heavy atom. The van der Waals surface area contributed by atoms with E-state index in [1.807, 2.05) is 11.8 Å². The van der Waals surface area contributed by atoms with E-state index in [1.54, 1.807) is 0 Å². The number of piperazine rings is 1. The minimum atomic E-state index is -0.185. The lowest BCUT2D eigenvalue weighted by atomic mass is 10.1. The minimum absolute atomic E-state index is 0.185. The van der Waals surface area contributed by atoms with E-state index < -0.39 is 0 Å². The van der Waals surface area contributed by atoms with Crippen LogP contribution in [0.1, 0.15) is 50.7 Å². The zero-order valence-electron chi connectivity index (χ0n) is 14.5. The first kappa shape index (κ1) is 17.4. The molecule has 134 valence electrons. The molecule has 1 saturated heterocycles. The number of carbonyl (C=O) groups excluding carboxylic acids is 1. The lowest BCUT2D eigenvalue weighted by molar-refractivity contribution is -0.133. The molecule has 3 rings (SSSR count). The number of nitrogens with zero attached hydrogens (tertiary/aromatic N) is 4. The summed E-state index contributed by atoms with van der Waals surface area (Å²) in [7, 11) is 0. The number of hydrogen-bond donors (Lipinski definition) is 1. The third-order valence-electron chi connectivity index (χ3n) is 5.19. The number of rotatable bonds is 6. The minimum Gasteiger partial charge on any atom is -0.391 e. The highest BCUT2D eigenvalue weighted by Gasteiger charge is 2.33. The highest BCUT2D eigenvalue weighted by Crippen LogP contribution is 2.25. The van der Waals surface area contributed by atoms with Crippen LogP contribution in [0, 0.1) is 0 Å². The second-order valence-corrected chi connectivity index (χ2v) is 6.79. The smallest absolute Gasteiger partial charge is 0.226 e. The molecule has 7 heteroatoms. The largest absolute Gasteiger partial charge is 0.391 e. The summed E-state index contributed by atoms with van der Waals surface area (Å²) in [5.41, 5.74) is 0. The number of hydrogen-bond acceptors (Lipinski definition) is 6. The number of amides is 1. The van der Waals surface area contributed by atoms with Crippen LogP contribution in [0.5, 0.6) is 0 Å². The van der Waals surface area contributed by atoms with Gasteiger partial charge in [-0.2, -0.15) is 4.98 Å². The second kappa shape index (κ2) is 8.07. The van der Waals surface area contributed by atoms with Crippen molar-refractivity contribution in [2.24, 2.45) is 0 Å². The van der Waals surface area contributed by atoms with Crippen molar-refractivity contribution in [3.05, 3.63) is 11.7 Å². The van der Waals surface area contributed by atoms with Crippen LogP contribution >= 0.6 is 0 Å². The summed E-state index contributed by atoms with van der Waals surface area (Å²) in [6.45, 7) is 5.27. The molecule has 7 nitrogen and oxygen atoms in total. The van der Waals surface area contributed by atoms with E-state index in [4.69, 9.17) is 4.52 Å². The van der Waals surface area contributed by atoms with Crippen LogP contribution in [0.2, 0.25) is 0 Å². The Kier molecular flexibility index (Phi) is 5.84. The van der Waals surface area contributed by atoms with E-state index in [9.17, 15) is 9.90 Å². The molecule has 1 aliphatic heterocycles. The average Bonchev–Trinajstić information content (AvgIpc) is 3.23. The molecule has 1 aromatic rings. The van der Waals surface area contributed by atoms with Crippen molar-refractivity contribution in [2.45, 2.75) is 64.0 Å². The van der Waals surface area contributed by atoms with Gasteiger partial charge in [-0.25, -0.2) is 0 Å². The molecule has 0 unspecified atom stereocenters. The molecular weight excluding hydrogens is 308 g/mol. The topological polar surface area (TPSA) is 82.7 Å². The van der Waals surface area contributed by atoms with Gasteiger partial charge in [0.25, 0.3) is 0 Å². The van der Waals surface area contributed by atoms with Gasteiger partial charge < -0.3 is 14.5 Å². The van der Waals surface area contributed by atoms with Gasteiger partial charge in [-0.1, -0.05) is 12.1 Å². The van der Waals surface area contributed by atoms with E-state index in [-0.39, 0.29) is 12.0 Å². The molecule has 2 fully saturated rings. The van der Waals surface area contributed by atoms with Crippen LogP contribution in [0.15, 0.2) is 4.52 Å². The van der Waals surface area contributed by atoms with Crippen molar-refractivity contribution in [2.75, 3.05) is 26.2 Å². The number of aromatic nitrogens is 2. The summed E-state index contributed by atoms with van der Waals surface area (Å²) in [4.78, 5) is 20.9. The van der Waals surface area contributed by atoms with Gasteiger partial charge in [-0.05, 0) is 25.7 Å². The van der Waals surface area contributed by atoms with Crippen LogP contribution < -0.4 is 0 Å². The molecule has 1 aromatic heterocycles. The standard InChI is InChI=1S/C17H28N4O3/c1-2-15-18-16(24-19-15)7-4-8-17(23)21-11-9-20(10-12-21)13-5-3-6-14(13)22/h13-14,22H,2-12H2,1H3/t13-,14+/m1/s1. The van der Waals surface area contributed by atoms with Gasteiger partial charge >= 0.3 is 0 Å². The fourth-order valence-corrected chi connectivity index (χ4v) is 3.73. The summed E-state index contributed by atoms with van der Waals surface area (Å²) in [6, 6.07) is 0.299. The van der Waals surface area contributed by atoms with Gasteiger partial charge in [0.1, 0.15) is 0 Å². The molecule has 1 aliphatic carbocycles. The first-order valence-electron chi connectivity index (χ1n) is 9.18. The van der Waals surface area contributed by atoms with Gasteiger partial charge in [-0.15, -0.1) is 0 Å². The van der Waals surface area contributed by atoms with Crippen molar-refractivity contribution in [3.8, 4) is 0 Å². The monoisotopic (exact) mass is 336 g/mol. The predicted octanol–water partition coefficient (Wildman–Crippen LogP) is 1.01. The highest BCUT2D eigenvalue weighted by molar-refractivity contribution is 5.76. The SMILES string of the molecule is CCc1noc(CCCC(=O)N2CCN([C@@H]3CCC[C@@H]3O)CC2)n1. The Labute approximate surface area is 143 Å². The van der Waals surface area contributed by atoms with Crippen molar-refractivity contribution in [3.63, 3.8) is 0 Å². The van der Waals surface area contributed by atoms with Gasteiger partial charge in [-0.3, -0.25) is 9.69 Å². The first-order valence-corrected chi connectivity index (χ1v) is 9.18. The van der Waals surface area contributed by atoms with Crippen molar-refractivity contribution < 1.29 is 14.4 Å². The zero-order valence-corrected chi connectivity index (χ0v) is 14.5. The molecule has 2 heterocycles. The number of carbonyl (C=O) groups is 1. The fraction of sp³-hybridized carbons (Fsp3) is 0.824.